The van der Waals surface area contributed by atoms with Crippen LogP contribution in [0.4, 0.5) is 4.79 Å². The summed E-state index contributed by atoms with van der Waals surface area (Å²) in [5.41, 5.74) is 4.35. The van der Waals surface area contributed by atoms with E-state index in [9.17, 15) is 14.4 Å². The van der Waals surface area contributed by atoms with Gasteiger partial charge in [0, 0.05) is 11.6 Å². The molecule has 1 aliphatic heterocycles. The van der Waals surface area contributed by atoms with Crippen molar-refractivity contribution in [1.82, 2.24) is 4.90 Å². The second-order valence-corrected chi connectivity index (χ2v) is 4.82. The Hall–Kier alpha value is -2.78. The maximum atomic E-state index is 12.0. The third-order valence-electron chi connectivity index (χ3n) is 3.11. The van der Waals surface area contributed by atoms with Crippen molar-refractivity contribution in [3.05, 3.63) is 52.8 Å². The number of benzene rings is 1. The molecular weight excluding hydrogens is 268 g/mol. The van der Waals surface area contributed by atoms with Crippen LogP contribution in [-0.2, 0) is 4.79 Å². The minimum atomic E-state index is -0.480. The highest BCUT2D eigenvalue weighted by molar-refractivity contribution is 6.18. The van der Waals surface area contributed by atoms with Crippen molar-refractivity contribution in [2.24, 2.45) is 0 Å². The molecule has 106 valence electrons. The Morgan fingerprint density at radius 2 is 2.05 bits per heavy atom. The molecule has 0 saturated heterocycles. The predicted octanol–water partition coefficient (Wildman–Crippen LogP) is 1.56. The van der Waals surface area contributed by atoms with Gasteiger partial charge >= 0.3 is 11.9 Å². The van der Waals surface area contributed by atoms with Gasteiger partial charge in [-0.25, -0.2) is 4.79 Å². The molecule has 0 saturated carbocycles. The summed E-state index contributed by atoms with van der Waals surface area (Å²) in [5, 5.41) is 0. The second-order valence-electron chi connectivity index (χ2n) is 4.82. The molecule has 0 spiro atoms. The lowest BCUT2D eigenvalue weighted by Crippen LogP contribution is -2.44. The molecule has 0 atom stereocenters. The number of ketones is 1. The highest BCUT2D eigenvalue weighted by Crippen LogP contribution is 2.07. The van der Waals surface area contributed by atoms with Gasteiger partial charge in [0.05, 0.1) is 14.1 Å². The first kappa shape index (κ1) is 14.6. The van der Waals surface area contributed by atoms with E-state index in [1.165, 1.54) is 31.0 Å². The monoisotopic (exact) mass is 283 g/mol. The van der Waals surface area contributed by atoms with Gasteiger partial charge in [0.1, 0.15) is 11.8 Å². The van der Waals surface area contributed by atoms with E-state index in [1.807, 2.05) is 13.0 Å². The van der Waals surface area contributed by atoms with E-state index in [4.69, 9.17) is 0 Å². The largest absolute Gasteiger partial charge is 0.500 e. The lowest BCUT2D eigenvalue weighted by molar-refractivity contribution is -0.397. The Kier molecular flexibility index (Phi) is 3.96. The normalized spacial score (nSPS) is 14.7. The molecule has 21 heavy (non-hydrogen) atoms. The van der Waals surface area contributed by atoms with Crippen molar-refractivity contribution in [3.63, 3.8) is 0 Å². The number of rotatable bonds is 2. The average molecular weight is 283 g/mol. The number of hydrogen-bond donors (Lipinski definition) is 0. The Labute approximate surface area is 122 Å². The molecule has 0 unspecified atom stereocenters. The molecule has 1 aromatic carbocycles. The van der Waals surface area contributed by atoms with E-state index in [0.717, 1.165) is 10.5 Å². The summed E-state index contributed by atoms with van der Waals surface area (Å²) in [6.45, 7) is 1.90. The molecule has 1 aromatic rings. The lowest BCUT2D eigenvalue weighted by Gasteiger charge is -2.12. The quantitative estimate of drug-likeness (QED) is 0.358. The third-order valence-corrected chi connectivity index (χ3v) is 3.11. The van der Waals surface area contributed by atoms with Gasteiger partial charge in [-0.2, -0.15) is 14.3 Å². The van der Waals surface area contributed by atoms with Crippen LogP contribution in [0.1, 0.15) is 15.9 Å². The summed E-state index contributed by atoms with van der Waals surface area (Å²) >= 11 is 0. The zero-order valence-corrected chi connectivity index (χ0v) is 12.1. The first-order valence-electron chi connectivity index (χ1n) is 6.37. The summed E-state index contributed by atoms with van der Waals surface area (Å²) in [7, 11) is 2.92. The van der Waals surface area contributed by atoms with Crippen LogP contribution in [0.3, 0.4) is 0 Å². The maximum absolute atomic E-state index is 12.0. The number of likely N-dealkylation sites (N-methyl/N-ethyl adjacent to an activating group) is 1. The molecule has 0 N–H and O–H groups in total. The number of hydrogen-bond acceptors (Lipinski definition) is 3. The van der Waals surface area contributed by atoms with Crippen LogP contribution in [0.15, 0.2) is 41.6 Å². The van der Waals surface area contributed by atoms with Crippen LogP contribution in [0.5, 0.6) is 0 Å². The van der Waals surface area contributed by atoms with Gasteiger partial charge in [-0.05, 0) is 13.0 Å². The van der Waals surface area contributed by atoms with Gasteiger partial charge in [-0.15, -0.1) is 0 Å². The van der Waals surface area contributed by atoms with Crippen LogP contribution < -0.4 is 0 Å². The Balaban J connectivity index is 2.37. The van der Waals surface area contributed by atoms with Gasteiger partial charge in [-0.1, -0.05) is 29.5 Å². The van der Waals surface area contributed by atoms with Crippen molar-refractivity contribution in [1.29, 1.82) is 0 Å². The van der Waals surface area contributed by atoms with E-state index in [1.54, 1.807) is 18.2 Å². The van der Waals surface area contributed by atoms with Crippen molar-refractivity contribution in [2.45, 2.75) is 6.92 Å². The predicted molar refractivity (Wildman–Crippen MR) is 77.5 cm³/mol. The number of carbonyl (C=O) groups excluding carboxylic acids is 3. The lowest BCUT2D eigenvalue weighted by atomic mass is 10.1. The smallest absolute Gasteiger partial charge is 0.289 e. The minimum Gasteiger partial charge on any atom is -0.289 e. The summed E-state index contributed by atoms with van der Waals surface area (Å²) in [6, 6.07) is 6.73. The van der Waals surface area contributed by atoms with E-state index in [0.29, 0.717) is 5.56 Å². The second kappa shape index (κ2) is 5.69. The highest BCUT2D eigenvalue weighted by Gasteiger charge is 2.34. The van der Waals surface area contributed by atoms with Gasteiger partial charge in [-0.3, -0.25) is 4.79 Å². The van der Waals surface area contributed by atoms with Gasteiger partial charge < -0.3 is 0 Å². The zero-order chi connectivity index (χ0) is 15.6. The molecule has 3 amide bonds. The molecule has 0 aromatic heterocycles. The van der Waals surface area contributed by atoms with Gasteiger partial charge in [0.2, 0.25) is 0 Å². The molecule has 2 rings (SSSR count). The van der Waals surface area contributed by atoms with Crippen molar-refractivity contribution < 1.29 is 19.0 Å². The number of aryl methyl sites for hydroxylation is 1. The molecule has 1 aliphatic rings. The van der Waals surface area contributed by atoms with Crippen LogP contribution >= 0.6 is 0 Å². The van der Waals surface area contributed by atoms with E-state index in [-0.39, 0.29) is 11.4 Å². The van der Waals surface area contributed by atoms with Crippen LogP contribution in [0.2, 0.25) is 0 Å². The number of carbonyl (C=O) groups is 3. The molecular formula is C16H15N2O3+. The fourth-order valence-corrected chi connectivity index (χ4v) is 1.93. The van der Waals surface area contributed by atoms with Crippen molar-refractivity contribution >= 4 is 23.9 Å². The zero-order valence-electron chi connectivity index (χ0n) is 12.1. The maximum Gasteiger partial charge on any atom is 0.500 e. The van der Waals surface area contributed by atoms with Crippen LogP contribution in [0.25, 0.3) is 0 Å². The summed E-state index contributed by atoms with van der Waals surface area (Å²) < 4.78 is 1.27. The van der Waals surface area contributed by atoms with E-state index < -0.39 is 11.9 Å². The van der Waals surface area contributed by atoms with Crippen molar-refractivity contribution in [3.8, 4) is 0 Å². The molecule has 0 aliphatic carbocycles. The number of imide groups is 1. The Morgan fingerprint density at radius 3 is 2.71 bits per heavy atom. The van der Waals surface area contributed by atoms with Crippen molar-refractivity contribution in [2.75, 3.05) is 14.1 Å². The molecule has 1 heterocycles. The molecule has 5 nitrogen and oxygen atoms in total. The number of nitrogens with zero attached hydrogens (tertiary/aromatic N) is 2. The highest BCUT2D eigenvalue weighted by atomic mass is 16.2. The van der Waals surface area contributed by atoms with Gasteiger partial charge in [0.15, 0.2) is 5.78 Å². The topological polar surface area (TPSA) is 57.5 Å². The van der Waals surface area contributed by atoms with Crippen LogP contribution in [-0.4, -0.2) is 47.5 Å². The molecule has 0 radical (unpaired) electrons. The molecule has 0 bridgehead atoms. The van der Waals surface area contributed by atoms with Gasteiger partial charge in [0.25, 0.3) is 0 Å². The standard InChI is InChI=1S/C16H15N2O3/c1-11-5-4-6-12(9-11)14(19)8-7-13-10-17(2)16(21)18(3)15(13)20/h4-6,8-10H,1-3H3/q+1. The first-order chi connectivity index (χ1) is 9.90. The Bertz CT molecular complexity index is 738. The first-order valence-corrected chi connectivity index (χ1v) is 6.37. The van der Waals surface area contributed by atoms with Crippen LogP contribution in [0, 0.1) is 6.92 Å². The van der Waals surface area contributed by atoms with E-state index >= 15 is 0 Å². The minimum absolute atomic E-state index is 0.167. The SMILES string of the molecule is Cc1cccc(C(=O)C=C=C2C=[N+](C)C(=O)N(C)C2=O)c1. The summed E-state index contributed by atoms with van der Waals surface area (Å²) in [6.07, 6.45) is 2.58. The molecule has 5 heteroatoms. The number of amides is 3. The fraction of sp³-hybridized carbons (Fsp3) is 0.188. The Morgan fingerprint density at radius 1 is 1.33 bits per heavy atom. The fourth-order valence-electron chi connectivity index (χ4n) is 1.93. The third kappa shape index (κ3) is 3.04. The summed E-state index contributed by atoms with van der Waals surface area (Å²) in [4.78, 5) is 36.5. The summed E-state index contributed by atoms with van der Waals surface area (Å²) in [5.74, 6) is -0.721. The number of urea groups is 1. The molecule has 0 fully saturated rings. The average Bonchev–Trinajstić information content (AvgIpc) is 2.47. The van der Waals surface area contributed by atoms with E-state index in [2.05, 4.69) is 5.73 Å².